The van der Waals surface area contributed by atoms with Crippen LogP contribution in [0.1, 0.15) is 18.4 Å². The van der Waals surface area contributed by atoms with E-state index in [1.54, 1.807) is 25.5 Å². The number of halogens is 1. The largest absolute Gasteiger partial charge is 0.465 e. The highest BCUT2D eigenvalue weighted by atomic mass is 35.5. The lowest BCUT2D eigenvalue weighted by atomic mass is 9.99. The molecule has 0 bridgehead atoms. The van der Waals surface area contributed by atoms with Crippen molar-refractivity contribution in [2.45, 2.75) is 19.4 Å². The van der Waals surface area contributed by atoms with E-state index >= 15 is 0 Å². The zero-order chi connectivity index (χ0) is 16.2. The van der Waals surface area contributed by atoms with E-state index in [9.17, 15) is 4.79 Å². The number of aromatic nitrogens is 3. The van der Waals surface area contributed by atoms with Gasteiger partial charge in [-0.25, -0.2) is 9.97 Å². The molecule has 2 aromatic heterocycles. The van der Waals surface area contributed by atoms with Crippen LogP contribution in [0, 0.1) is 0 Å². The summed E-state index contributed by atoms with van der Waals surface area (Å²) in [5, 5.41) is 0.544. The van der Waals surface area contributed by atoms with Gasteiger partial charge in [-0.1, -0.05) is 29.8 Å². The molecule has 1 atom stereocenters. The first-order chi connectivity index (χ1) is 11.2. The van der Waals surface area contributed by atoms with Gasteiger partial charge in [-0.15, -0.1) is 0 Å². The van der Waals surface area contributed by atoms with Crippen molar-refractivity contribution in [3.63, 3.8) is 0 Å². The Kier molecular flexibility index (Phi) is 4.57. The Morgan fingerprint density at radius 1 is 1.26 bits per heavy atom. The highest BCUT2D eigenvalue weighted by molar-refractivity contribution is 6.31. The smallest absolute Gasteiger partial charge is 0.315 e. The number of pyridine rings is 1. The van der Waals surface area contributed by atoms with Crippen LogP contribution in [0.2, 0.25) is 5.02 Å². The fourth-order valence-electron chi connectivity index (χ4n) is 2.53. The van der Waals surface area contributed by atoms with Crippen molar-refractivity contribution in [1.29, 1.82) is 0 Å². The van der Waals surface area contributed by atoms with Crippen LogP contribution >= 0.6 is 11.6 Å². The zero-order valence-electron chi connectivity index (χ0n) is 12.6. The summed E-state index contributed by atoms with van der Waals surface area (Å²) in [5.74, 6) is -0.818. The van der Waals surface area contributed by atoms with Gasteiger partial charge in [-0.3, -0.25) is 4.79 Å². The van der Waals surface area contributed by atoms with E-state index in [-0.39, 0.29) is 5.97 Å². The van der Waals surface area contributed by atoms with Crippen molar-refractivity contribution < 1.29 is 9.53 Å². The number of hydrogen-bond donors (Lipinski definition) is 0. The summed E-state index contributed by atoms with van der Waals surface area (Å²) in [6.45, 7) is 2.48. The third-order valence-corrected chi connectivity index (χ3v) is 3.95. The molecule has 0 fully saturated rings. The summed E-state index contributed by atoms with van der Waals surface area (Å²) in [4.78, 5) is 21.1. The molecule has 118 valence electrons. The van der Waals surface area contributed by atoms with E-state index in [0.717, 1.165) is 16.7 Å². The lowest BCUT2D eigenvalue weighted by molar-refractivity contribution is -0.145. The van der Waals surface area contributed by atoms with Crippen LogP contribution in [0.4, 0.5) is 0 Å². The molecule has 0 saturated carbocycles. The number of carbonyl (C=O) groups excluding carboxylic acids is 1. The van der Waals surface area contributed by atoms with Crippen molar-refractivity contribution in [2.24, 2.45) is 0 Å². The second kappa shape index (κ2) is 6.79. The molecule has 0 aliphatic rings. The molecule has 3 rings (SSSR count). The van der Waals surface area contributed by atoms with Crippen LogP contribution in [0.25, 0.3) is 11.2 Å². The van der Waals surface area contributed by atoms with E-state index < -0.39 is 5.92 Å². The molecule has 0 saturated heterocycles. The van der Waals surface area contributed by atoms with Gasteiger partial charge in [0.2, 0.25) is 0 Å². The number of rotatable bonds is 5. The molecular formula is C17H16ClN3O2. The van der Waals surface area contributed by atoms with E-state index in [1.165, 1.54) is 0 Å². The summed E-state index contributed by atoms with van der Waals surface area (Å²) < 4.78 is 7.07. The number of hydrogen-bond acceptors (Lipinski definition) is 4. The third kappa shape index (κ3) is 3.19. The van der Waals surface area contributed by atoms with Crippen molar-refractivity contribution in [2.75, 3.05) is 6.61 Å². The van der Waals surface area contributed by atoms with Crippen LogP contribution in [0.15, 0.2) is 48.9 Å². The lowest BCUT2D eigenvalue weighted by Gasteiger charge is -2.18. The first kappa shape index (κ1) is 15.5. The monoisotopic (exact) mass is 329 g/mol. The molecule has 6 heteroatoms. The molecule has 0 aliphatic heterocycles. The second-order valence-corrected chi connectivity index (χ2v) is 5.48. The maximum atomic E-state index is 12.4. The number of benzene rings is 1. The van der Waals surface area contributed by atoms with Gasteiger partial charge in [0.05, 0.1) is 12.9 Å². The first-order valence-corrected chi connectivity index (χ1v) is 7.75. The average molecular weight is 330 g/mol. The summed E-state index contributed by atoms with van der Waals surface area (Å²) in [5.41, 5.74) is 2.26. The van der Waals surface area contributed by atoms with Gasteiger partial charge < -0.3 is 9.30 Å². The Bertz CT molecular complexity index is 831. The molecule has 1 unspecified atom stereocenters. The van der Waals surface area contributed by atoms with Crippen LogP contribution in [-0.4, -0.2) is 27.1 Å². The normalized spacial score (nSPS) is 12.3. The van der Waals surface area contributed by atoms with Gasteiger partial charge in [0.15, 0.2) is 5.65 Å². The highest BCUT2D eigenvalue weighted by Crippen LogP contribution is 2.28. The Hall–Kier alpha value is -2.40. The quantitative estimate of drug-likeness (QED) is 0.673. The zero-order valence-corrected chi connectivity index (χ0v) is 13.4. The molecule has 0 spiro atoms. The Balaban J connectivity index is 1.99. The molecule has 3 aromatic rings. The van der Waals surface area contributed by atoms with Gasteiger partial charge in [-0.2, -0.15) is 0 Å². The number of nitrogens with zero attached hydrogens (tertiary/aromatic N) is 3. The van der Waals surface area contributed by atoms with Crippen LogP contribution < -0.4 is 0 Å². The molecule has 0 amide bonds. The maximum absolute atomic E-state index is 12.4. The van der Waals surface area contributed by atoms with Gasteiger partial charge in [0.25, 0.3) is 0 Å². The molecule has 1 aromatic carbocycles. The average Bonchev–Trinajstić information content (AvgIpc) is 2.97. The maximum Gasteiger partial charge on any atom is 0.315 e. The Morgan fingerprint density at radius 2 is 2.09 bits per heavy atom. The predicted molar refractivity (Wildman–Crippen MR) is 88.4 cm³/mol. The van der Waals surface area contributed by atoms with Crippen molar-refractivity contribution in [3.05, 3.63) is 59.5 Å². The molecule has 0 radical (unpaired) electrons. The van der Waals surface area contributed by atoms with Crippen molar-refractivity contribution in [1.82, 2.24) is 14.5 Å². The number of imidazole rings is 1. The van der Waals surface area contributed by atoms with Crippen LogP contribution in [-0.2, 0) is 16.1 Å². The topological polar surface area (TPSA) is 57.0 Å². The Morgan fingerprint density at radius 3 is 2.87 bits per heavy atom. The van der Waals surface area contributed by atoms with Crippen molar-refractivity contribution in [3.8, 4) is 0 Å². The van der Waals surface area contributed by atoms with Crippen LogP contribution in [0.5, 0.6) is 0 Å². The lowest BCUT2D eigenvalue weighted by Crippen LogP contribution is -2.21. The molecule has 5 nitrogen and oxygen atoms in total. The van der Waals surface area contributed by atoms with Gasteiger partial charge in [0.1, 0.15) is 11.4 Å². The molecule has 23 heavy (non-hydrogen) atoms. The third-order valence-electron chi connectivity index (χ3n) is 3.61. The fraction of sp³-hybridized carbons (Fsp3) is 0.235. The Labute approximate surface area is 138 Å². The molecular weight excluding hydrogens is 314 g/mol. The van der Waals surface area contributed by atoms with Gasteiger partial charge >= 0.3 is 5.97 Å². The minimum absolute atomic E-state index is 0.307. The first-order valence-electron chi connectivity index (χ1n) is 7.37. The minimum atomic E-state index is -0.511. The number of carbonyl (C=O) groups is 1. The SMILES string of the molecule is CCOC(=O)C(Cn1cnc2cccnc21)c1ccccc1Cl. The highest BCUT2D eigenvalue weighted by Gasteiger charge is 2.25. The summed E-state index contributed by atoms with van der Waals surface area (Å²) >= 11 is 6.27. The summed E-state index contributed by atoms with van der Waals surface area (Å²) in [6, 6.07) is 11.0. The van der Waals surface area contributed by atoms with E-state index in [0.29, 0.717) is 18.2 Å². The second-order valence-electron chi connectivity index (χ2n) is 5.07. The van der Waals surface area contributed by atoms with E-state index in [4.69, 9.17) is 16.3 Å². The van der Waals surface area contributed by atoms with E-state index in [2.05, 4.69) is 9.97 Å². The summed E-state index contributed by atoms with van der Waals surface area (Å²) in [7, 11) is 0. The van der Waals surface area contributed by atoms with Crippen LogP contribution in [0.3, 0.4) is 0 Å². The fourth-order valence-corrected chi connectivity index (χ4v) is 2.80. The van der Waals surface area contributed by atoms with E-state index in [1.807, 2.05) is 34.9 Å². The molecule has 0 N–H and O–H groups in total. The minimum Gasteiger partial charge on any atom is -0.465 e. The number of ether oxygens (including phenoxy) is 1. The number of fused-ring (bicyclic) bond motifs is 1. The number of esters is 1. The van der Waals surface area contributed by atoms with Gasteiger partial charge in [-0.05, 0) is 30.7 Å². The van der Waals surface area contributed by atoms with Gasteiger partial charge in [0, 0.05) is 17.8 Å². The standard InChI is InChI=1S/C17H16ClN3O2/c1-2-23-17(22)13(12-6-3-4-7-14(12)18)10-21-11-20-15-8-5-9-19-16(15)21/h3-9,11,13H,2,10H2,1H3. The summed E-state index contributed by atoms with van der Waals surface area (Å²) in [6.07, 6.45) is 3.39. The van der Waals surface area contributed by atoms with Crippen molar-refractivity contribution >= 4 is 28.7 Å². The predicted octanol–water partition coefficient (Wildman–Crippen LogP) is 3.43. The molecule has 2 heterocycles. The molecule has 0 aliphatic carbocycles.